The zero-order valence-corrected chi connectivity index (χ0v) is 20.3. The highest BCUT2D eigenvalue weighted by molar-refractivity contribution is 6.07. The molecular formula is C27H24N8O3. The minimum absolute atomic E-state index is 0.0943. The van der Waals surface area contributed by atoms with Crippen molar-refractivity contribution in [1.29, 1.82) is 5.26 Å². The van der Waals surface area contributed by atoms with Crippen molar-refractivity contribution in [1.82, 2.24) is 19.9 Å². The van der Waals surface area contributed by atoms with Crippen LogP contribution in [0.1, 0.15) is 49.5 Å². The topological polar surface area (TPSA) is 170 Å². The molecule has 0 bridgehead atoms. The summed E-state index contributed by atoms with van der Waals surface area (Å²) >= 11 is 0. The molecule has 1 aliphatic rings. The van der Waals surface area contributed by atoms with Crippen LogP contribution >= 0.6 is 0 Å². The third-order valence-electron chi connectivity index (χ3n) is 6.43. The summed E-state index contributed by atoms with van der Waals surface area (Å²) in [5.74, 6) is -0.218. The number of fused-ring (bicyclic) bond motifs is 1. The number of imidazole rings is 1. The van der Waals surface area contributed by atoms with E-state index in [4.69, 9.17) is 11.0 Å². The average Bonchev–Trinajstić information content (AvgIpc) is 3.36. The van der Waals surface area contributed by atoms with Crippen molar-refractivity contribution in [2.75, 3.05) is 23.7 Å². The Morgan fingerprint density at radius 3 is 2.42 bits per heavy atom. The summed E-state index contributed by atoms with van der Waals surface area (Å²) in [6.45, 7) is 1.18. The molecule has 0 saturated carbocycles. The molecule has 38 heavy (non-hydrogen) atoms. The van der Waals surface area contributed by atoms with Crippen molar-refractivity contribution < 1.29 is 14.4 Å². The summed E-state index contributed by atoms with van der Waals surface area (Å²) in [5, 5.41) is 14.9. The maximum atomic E-state index is 13.0. The minimum atomic E-state index is -0.607. The van der Waals surface area contributed by atoms with Gasteiger partial charge in [0.15, 0.2) is 0 Å². The standard InChI is InChI=1S/C27H24N8O3/c28-14-16-4-9-22(30-15-16)31-19-10-12-35(13-11-19)26(38)18-7-5-17(6-8-18)25(37)34-27-32-21-3-1-2-20(24(29)36)23(21)33-27/h1-9,15,19H,10-13H2,(H2,29,36)(H,30,31)(H2,32,33,34,37). The van der Waals surface area contributed by atoms with Crippen LogP contribution in [0.3, 0.4) is 0 Å². The van der Waals surface area contributed by atoms with Crippen molar-refractivity contribution in [3.8, 4) is 6.07 Å². The third-order valence-corrected chi connectivity index (χ3v) is 6.43. The van der Waals surface area contributed by atoms with Crippen LogP contribution in [0.5, 0.6) is 0 Å². The van der Waals surface area contributed by atoms with Gasteiger partial charge in [-0.3, -0.25) is 19.7 Å². The molecule has 4 aromatic rings. The number of hydrogen-bond donors (Lipinski definition) is 4. The van der Waals surface area contributed by atoms with Gasteiger partial charge in [-0.15, -0.1) is 0 Å². The van der Waals surface area contributed by atoms with Crippen LogP contribution in [0.15, 0.2) is 60.8 Å². The normalized spacial score (nSPS) is 13.6. The maximum absolute atomic E-state index is 13.0. The van der Waals surface area contributed by atoms with E-state index in [1.165, 1.54) is 6.20 Å². The van der Waals surface area contributed by atoms with E-state index < -0.39 is 11.8 Å². The zero-order chi connectivity index (χ0) is 26.6. The van der Waals surface area contributed by atoms with Crippen molar-refractivity contribution in [3.05, 3.63) is 83.0 Å². The van der Waals surface area contributed by atoms with E-state index in [2.05, 4.69) is 25.6 Å². The number of amides is 3. The first-order valence-electron chi connectivity index (χ1n) is 12.0. The largest absolute Gasteiger partial charge is 0.367 e. The fraction of sp³-hybridized carbons (Fsp3) is 0.185. The Bertz CT molecular complexity index is 1550. The van der Waals surface area contributed by atoms with Crippen LogP contribution < -0.4 is 16.4 Å². The fourth-order valence-electron chi connectivity index (χ4n) is 4.40. The van der Waals surface area contributed by atoms with Gasteiger partial charge in [-0.25, -0.2) is 9.97 Å². The number of benzene rings is 2. The number of likely N-dealkylation sites (tertiary alicyclic amines) is 1. The Morgan fingerprint density at radius 2 is 1.76 bits per heavy atom. The van der Waals surface area contributed by atoms with Crippen LogP contribution in [0.4, 0.5) is 11.8 Å². The number of carbonyl (C=O) groups is 3. The number of H-pyrrole nitrogens is 1. The lowest BCUT2D eigenvalue weighted by Gasteiger charge is -2.32. The summed E-state index contributed by atoms with van der Waals surface area (Å²) in [5.41, 5.74) is 7.96. The van der Waals surface area contributed by atoms with E-state index in [0.717, 1.165) is 12.8 Å². The molecule has 0 radical (unpaired) electrons. The van der Waals surface area contributed by atoms with Crippen LogP contribution in [-0.2, 0) is 0 Å². The predicted octanol–water partition coefficient (Wildman–Crippen LogP) is 2.90. The molecule has 2 aromatic heterocycles. The van der Waals surface area contributed by atoms with Crippen LogP contribution in [-0.4, -0.2) is 56.7 Å². The Kier molecular flexibility index (Phi) is 6.69. The van der Waals surface area contributed by atoms with E-state index in [0.29, 0.717) is 46.6 Å². The summed E-state index contributed by atoms with van der Waals surface area (Å²) in [6.07, 6.45) is 3.06. The molecule has 3 amide bonds. The molecule has 0 aliphatic carbocycles. The van der Waals surface area contributed by atoms with Crippen LogP contribution in [0.25, 0.3) is 11.0 Å². The number of hydrogen-bond acceptors (Lipinski definition) is 7. The molecule has 1 aliphatic heterocycles. The number of nitrogens with two attached hydrogens (primary N) is 1. The van der Waals surface area contributed by atoms with E-state index in [1.807, 2.05) is 6.07 Å². The number of primary amides is 1. The van der Waals surface area contributed by atoms with Gasteiger partial charge in [0, 0.05) is 36.5 Å². The zero-order valence-electron chi connectivity index (χ0n) is 20.3. The molecule has 5 N–H and O–H groups in total. The monoisotopic (exact) mass is 508 g/mol. The summed E-state index contributed by atoms with van der Waals surface area (Å²) in [6, 6.07) is 17.1. The third kappa shape index (κ3) is 5.15. The average molecular weight is 509 g/mol. The molecule has 1 fully saturated rings. The van der Waals surface area contributed by atoms with Crippen molar-refractivity contribution in [2.24, 2.45) is 5.73 Å². The Morgan fingerprint density at radius 1 is 1.03 bits per heavy atom. The number of nitriles is 1. The lowest BCUT2D eigenvalue weighted by Crippen LogP contribution is -2.42. The highest BCUT2D eigenvalue weighted by Gasteiger charge is 2.24. The molecule has 190 valence electrons. The predicted molar refractivity (Wildman–Crippen MR) is 141 cm³/mol. The van der Waals surface area contributed by atoms with Crippen LogP contribution in [0.2, 0.25) is 0 Å². The number of aromatic nitrogens is 3. The molecule has 11 nitrogen and oxygen atoms in total. The fourth-order valence-corrected chi connectivity index (χ4v) is 4.40. The summed E-state index contributed by atoms with van der Waals surface area (Å²) in [7, 11) is 0. The van der Waals surface area contributed by atoms with E-state index in [9.17, 15) is 14.4 Å². The Labute approximate surface area is 217 Å². The van der Waals surface area contributed by atoms with Crippen molar-refractivity contribution >= 4 is 40.5 Å². The highest BCUT2D eigenvalue weighted by atomic mass is 16.2. The number of rotatable bonds is 6. The molecule has 3 heterocycles. The minimum Gasteiger partial charge on any atom is -0.367 e. The number of para-hydroxylation sites is 1. The van der Waals surface area contributed by atoms with E-state index >= 15 is 0 Å². The van der Waals surface area contributed by atoms with Gasteiger partial charge in [0.1, 0.15) is 17.4 Å². The van der Waals surface area contributed by atoms with Crippen LogP contribution in [0, 0.1) is 11.3 Å². The lowest BCUT2D eigenvalue weighted by atomic mass is 10.0. The first kappa shape index (κ1) is 24.5. The molecule has 2 aromatic carbocycles. The van der Waals surface area contributed by atoms with Crippen molar-refractivity contribution in [2.45, 2.75) is 18.9 Å². The highest BCUT2D eigenvalue weighted by Crippen LogP contribution is 2.20. The number of anilines is 2. The second-order valence-corrected chi connectivity index (χ2v) is 8.94. The number of nitrogens with one attached hydrogen (secondary N) is 3. The maximum Gasteiger partial charge on any atom is 0.257 e. The number of carbonyl (C=O) groups excluding carboxylic acids is 3. The molecule has 1 saturated heterocycles. The number of aromatic amines is 1. The summed E-state index contributed by atoms with van der Waals surface area (Å²) in [4.78, 5) is 50.6. The number of pyridine rings is 1. The lowest BCUT2D eigenvalue weighted by molar-refractivity contribution is 0.0718. The van der Waals surface area contributed by atoms with Gasteiger partial charge in [-0.2, -0.15) is 5.26 Å². The first-order chi connectivity index (χ1) is 18.4. The number of piperidine rings is 1. The number of nitrogens with zero attached hydrogens (tertiary/aromatic N) is 4. The van der Waals surface area contributed by atoms with Gasteiger partial charge in [0.25, 0.3) is 17.7 Å². The quantitative estimate of drug-likeness (QED) is 0.310. The second-order valence-electron chi connectivity index (χ2n) is 8.94. The SMILES string of the molecule is N#Cc1ccc(NC2CCN(C(=O)c3ccc(C(=O)Nc4nc5c(C(N)=O)cccc5[nH]4)cc3)CC2)nc1. The van der Waals surface area contributed by atoms with Gasteiger partial charge in [0.05, 0.1) is 16.6 Å². The second kappa shape index (κ2) is 10.4. The van der Waals surface area contributed by atoms with Gasteiger partial charge >= 0.3 is 0 Å². The van der Waals surface area contributed by atoms with Gasteiger partial charge in [0.2, 0.25) is 5.95 Å². The van der Waals surface area contributed by atoms with Gasteiger partial charge in [-0.05, 0) is 61.4 Å². The molecule has 11 heteroatoms. The molecule has 5 rings (SSSR count). The van der Waals surface area contributed by atoms with Gasteiger partial charge < -0.3 is 20.9 Å². The molecule has 0 spiro atoms. The smallest absolute Gasteiger partial charge is 0.257 e. The molecular weight excluding hydrogens is 484 g/mol. The molecule has 0 atom stereocenters. The first-order valence-corrected chi connectivity index (χ1v) is 12.0. The Hall–Kier alpha value is -5.24. The Balaban J connectivity index is 1.17. The van der Waals surface area contributed by atoms with Crippen molar-refractivity contribution in [3.63, 3.8) is 0 Å². The summed E-state index contributed by atoms with van der Waals surface area (Å²) < 4.78 is 0. The van der Waals surface area contributed by atoms with E-state index in [-0.39, 0.29) is 23.5 Å². The van der Waals surface area contributed by atoms with Gasteiger partial charge in [-0.1, -0.05) is 6.07 Å². The molecule has 0 unspecified atom stereocenters. The van der Waals surface area contributed by atoms with E-state index in [1.54, 1.807) is 59.5 Å².